The van der Waals surface area contributed by atoms with Crippen LogP contribution in [0.15, 0.2) is 90.3 Å². The number of carboxylic acids is 1. The van der Waals surface area contributed by atoms with Crippen molar-refractivity contribution in [3.63, 3.8) is 0 Å². The highest BCUT2D eigenvalue weighted by molar-refractivity contribution is 7.10. The number of para-hydroxylation sites is 1. The molecule has 0 fully saturated rings. The van der Waals surface area contributed by atoms with Crippen LogP contribution in [0.4, 0.5) is 5.69 Å². The molecule has 3 N–H and O–H groups in total. The summed E-state index contributed by atoms with van der Waals surface area (Å²) >= 11 is 1.66. The fraction of sp³-hybridized carbons (Fsp3) is 0.306. The minimum Gasteiger partial charge on any atom is -0.480 e. The van der Waals surface area contributed by atoms with Crippen molar-refractivity contribution in [1.29, 1.82) is 0 Å². The van der Waals surface area contributed by atoms with E-state index in [4.69, 9.17) is 0 Å². The van der Waals surface area contributed by atoms with Gasteiger partial charge in [0.05, 0.1) is 6.54 Å². The van der Waals surface area contributed by atoms with Crippen LogP contribution >= 0.6 is 11.3 Å². The summed E-state index contributed by atoms with van der Waals surface area (Å²) in [5.41, 5.74) is 4.50. The fourth-order valence-electron chi connectivity index (χ4n) is 4.97. The number of unbranched alkanes of at least 4 members (excludes halogenated alkanes) is 4. The summed E-state index contributed by atoms with van der Waals surface area (Å²) in [6.45, 7) is 3.25. The third-order valence-electron chi connectivity index (χ3n) is 7.40. The Balaban J connectivity index is 1.32. The lowest BCUT2D eigenvalue weighted by atomic mass is 9.99. The van der Waals surface area contributed by atoms with Crippen molar-refractivity contribution in [3.8, 4) is 11.1 Å². The minimum absolute atomic E-state index is 0.160. The first-order chi connectivity index (χ1) is 20.9. The second-order valence-corrected chi connectivity index (χ2v) is 11.8. The molecule has 224 valence electrons. The molecule has 0 bridgehead atoms. The summed E-state index contributed by atoms with van der Waals surface area (Å²) in [6.07, 6.45) is 6.67. The highest BCUT2D eigenvalue weighted by Gasteiger charge is 2.21. The topological polar surface area (TPSA) is 95.5 Å². The average Bonchev–Trinajstić information content (AvgIpc) is 3.50. The summed E-state index contributed by atoms with van der Waals surface area (Å²) in [5, 5.41) is 18.5. The number of anilines is 1. The lowest BCUT2D eigenvalue weighted by Crippen LogP contribution is -2.32. The van der Waals surface area contributed by atoms with Crippen LogP contribution in [0.3, 0.4) is 0 Å². The predicted octanol–water partition coefficient (Wildman–Crippen LogP) is 7.77. The molecule has 1 heterocycles. The van der Waals surface area contributed by atoms with E-state index in [2.05, 4.69) is 29.0 Å². The van der Waals surface area contributed by atoms with Crippen LogP contribution in [0, 0.1) is 0 Å². The van der Waals surface area contributed by atoms with Gasteiger partial charge in [-0.15, -0.1) is 11.3 Å². The Morgan fingerprint density at radius 1 is 0.837 bits per heavy atom. The summed E-state index contributed by atoms with van der Waals surface area (Å²) < 4.78 is 0. The Morgan fingerprint density at radius 3 is 2.30 bits per heavy atom. The number of benzene rings is 3. The first kappa shape index (κ1) is 31.9. The highest BCUT2D eigenvalue weighted by atomic mass is 32.1. The molecule has 1 aromatic heterocycles. The molecule has 6 nitrogen and oxygen atoms in total. The van der Waals surface area contributed by atoms with Gasteiger partial charge in [-0.3, -0.25) is 9.59 Å². The molecule has 7 heteroatoms. The Labute approximate surface area is 258 Å². The molecule has 1 atom stereocenters. The van der Waals surface area contributed by atoms with Crippen molar-refractivity contribution in [2.24, 2.45) is 0 Å². The van der Waals surface area contributed by atoms with E-state index in [-0.39, 0.29) is 18.0 Å². The van der Waals surface area contributed by atoms with Gasteiger partial charge in [-0.05, 0) is 46.7 Å². The summed E-state index contributed by atoms with van der Waals surface area (Å²) in [4.78, 5) is 38.6. The molecule has 0 saturated heterocycles. The molecule has 0 saturated carbocycles. The summed E-state index contributed by atoms with van der Waals surface area (Å²) in [7, 11) is 0. The van der Waals surface area contributed by atoms with Gasteiger partial charge in [-0.25, -0.2) is 4.79 Å². The lowest BCUT2D eigenvalue weighted by molar-refractivity contribution is -0.137. The maximum absolute atomic E-state index is 13.1. The maximum atomic E-state index is 13.1. The highest BCUT2D eigenvalue weighted by Crippen LogP contribution is 2.27. The number of hydrogen-bond acceptors (Lipinski definition) is 6. The second-order valence-electron chi connectivity index (χ2n) is 10.8. The van der Waals surface area contributed by atoms with Crippen molar-refractivity contribution in [2.75, 3.05) is 11.9 Å². The van der Waals surface area contributed by atoms with Gasteiger partial charge in [0.15, 0.2) is 5.78 Å². The number of rotatable bonds is 18. The number of Topliss-reactive ketones (excluding diaryl/α,β-unsaturated/α-hetero) is 1. The maximum Gasteiger partial charge on any atom is 0.326 e. The molecular formula is C36H40N2O4S. The molecule has 4 aromatic rings. The van der Waals surface area contributed by atoms with Crippen LogP contribution in [0.1, 0.15) is 71.8 Å². The van der Waals surface area contributed by atoms with Gasteiger partial charge in [0.2, 0.25) is 0 Å². The zero-order chi connectivity index (χ0) is 30.4. The quantitative estimate of drug-likeness (QED) is 0.0802. The van der Waals surface area contributed by atoms with E-state index in [9.17, 15) is 19.5 Å². The third-order valence-corrected chi connectivity index (χ3v) is 8.33. The van der Waals surface area contributed by atoms with Gasteiger partial charge < -0.3 is 15.7 Å². The minimum atomic E-state index is -0.990. The molecule has 0 aliphatic heterocycles. The zero-order valence-corrected chi connectivity index (χ0v) is 25.5. The fourth-order valence-corrected chi connectivity index (χ4v) is 5.84. The van der Waals surface area contributed by atoms with Gasteiger partial charge in [-0.2, -0.15) is 0 Å². The van der Waals surface area contributed by atoms with E-state index in [0.717, 1.165) is 34.4 Å². The molecule has 0 aliphatic carbocycles. The number of aliphatic carboxylic acids is 1. The van der Waals surface area contributed by atoms with Gasteiger partial charge in [0, 0.05) is 41.1 Å². The normalized spacial score (nSPS) is 11.7. The lowest BCUT2D eigenvalue weighted by Gasteiger charge is -2.18. The van der Waals surface area contributed by atoms with E-state index in [1.54, 1.807) is 59.9 Å². The number of carboxylic acid groups (broad SMARTS) is 1. The van der Waals surface area contributed by atoms with Crippen molar-refractivity contribution in [2.45, 2.75) is 64.5 Å². The number of carbonyl (C=O) groups is 3. The van der Waals surface area contributed by atoms with Gasteiger partial charge >= 0.3 is 5.97 Å². The smallest absolute Gasteiger partial charge is 0.326 e. The van der Waals surface area contributed by atoms with Crippen molar-refractivity contribution < 1.29 is 19.5 Å². The number of hydrogen-bond donors (Lipinski definition) is 3. The molecule has 3 aromatic carbocycles. The van der Waals surface area contributed by atoms with Crippen LogP contribution in [0.5, 0.6) is 0 Å². The number of carbonyl (C=O) groups excluding carboxylic acids is 2. The summed E-state index contributed by atoms with van der Waals surface area (Å²) in [6, 6.07) is 25.1. The van der Waals surface area contributed by atoms with Gasteiger partial charge in [0.1, 0.15) is 11.8 Å². The predicted molar refractivity (Wildman–Crippen MR) is 175 cm³/mol. The second kappa shape index (κ2) is 16.5. The Kier molecular flexibility index (Phi) is 12.3. The Hall–Kier alpha value is -4.07. The van der Waals surface area contributed by atoms with Crippen molar-refractivity contribution >= 4 is 34.6 Å². The summed E-state index contributed by atoms with van der Waals surface area (Å²) in [5.74, 6) is -0.882. The molecule has 0 radical (unpaired) electrons. The van der Waals surface area contributed by atoms with Crippen LogP contribution in [0.2, 0.25) is 0 Å². The van der Waals surface area contributed by atoms with E-state index in [0.29, 0.717) is 36.3 Å². The molecule has 0 aliphatic rings. The van der Waals surface area contributed by atoms with E-state index in [1.165, 1.54) is 19.3 Å². The zero-order valence-electron chi connectivity index (χ0n) is 24.7. The molecule has 0 amide bonds. The Bertz CT molecular complexity index is 1480. The monoisotopic (exact) mass is 596 g/mol. The van der Waals surface area contributed by atoms with Crippen LogP contribution in [-0.2, 0) is 22.6 Å². The third kappa shape index (κ3) is 9.73. The number of thiophene rings is 1. The van der Waals surface area contributed by atoms with Crippen LogP contribution in [0.25, 0.3) is 11.1 Å². The van der Waals surface area contributed by atoms with E-state index in [1.807, 2.05) is 30.3 Å². The first-order valence-electron chi connectivity index (χ1n) is 15.0. The SMILES string of the molecule is CCCCCCCC(=O)CNCc1cc(-c2ccc(CC(Nc3ccccc3C(=O)c3ccccc3)C(=O)O)cc2)cs1. The molecule has 1 unspecified atom stereocenters. The molecule has 43 heavy (non-hydrogen) atoms. The average molecular weight is 597 g/mol. The molecular weight excluding hydrogens is 556 g/mol. The van der Waals surface area contributed by atoms with Crippen molar-refractivity contribution in [1.82, 2.24) is 5.32 Å². The van der Waals surface area contributed by atoms with Gasteiger partial charge in [-0.1, -0.05) is 99.3 Å². The largest absolute Gasteiger partial charge is 0.480 e. The first-order valence-corrected chi connectivity index (χ1v) is 15.9. The Morgan fingerprint density at radius 2 is 1.56 bits per heavy atom. The molecule has 4 rings (SSSR count). The number of ketones is 2. The van der Waals surface area contributed by atoms with Gasteiger partial charge in [0.25, 0.3) is 0 Å². The standard InChI is InChI=1S/C36H40N2O4S/c1-2-3-4-5-9-14-30(39)23-37-24-31-22-29(25-43-31)27-19-17-26(18-20-27)21-34(36(41)42)38-33-16-11-10-15-32(33)35(40)28-12-7-6-8-13-28/h6-8,10-13,15-20,22,25,34,37-38H,2-5,9,14,21,23-24H2,1H3,(H,41,42). The molecule has 0 spiro atoms. The van der Waals surface area contributed by atoms with E-state index < -0.39 is 12.0 Å². The van der Waals surface area contributed by atoms with Crippen LogP contribution in [-0.4, -0.2) is 35.2 Å². The number of nitrogens with one attached hydrogen (secondary N) is 2. The van der Waals surface area contributed by atoms with Crippen LogP contribution < -0.4 is 10.6 Å². The van der Waals surface area contributed by atoms with Crippen molar-refractivity contribution in [3.05, 3.63) is 112 Å². The van der Waals surface area contributed by atoms with E-state index >= 15 is 0 Å².